The third-order valence-electron chi connectivity index (χ3n) is 5.27. The molecule has 0 spiro atoms. The minimum absolute atomic E-state index is 0.349. The Balaban J connectivity index is 1.19. The fourth-order valence-electron chi connectivity index (χ4n) is 3.27. The SMILES string of the molecule is C[C@@H](Oc1ccc(OCc2ccccc2)cc1)C(=O)N/N=C\c1ccc(OCc2ccccc2)cc1. The smallest absolute Gasteiger partial charge is 0.280 e. The Bertz CT molecular complexity index is 1240. The van der Waals surface area contributed by atoms with Crippen molar-refractivity contribution >= 4 is 12.1 Å². The molecule has 0 radical (unpaired) electrons. The van der Waals surface area contributed by atoms with Crippen LogP contribution in [-0.4, -0.2) is 18.2 Å². The normalized spacial score (nSPS) is 11.6. The van der Waals surface area contributed by atoms with Crippen molar-refractivity contribution in [2.75, 3.05) is 0 Å². The van der Waals surface area contributed by atoms with Crippen LogP contribution in [0, 0.1) is 0 Å². The molecule has 6 nitrogen and oxygen atoms in total. The van der Waals surface area contributed by atoms with Gasteiger partial charge in [0.2, 0.25) is 0 Å². The maximum Gasteiger partial charge on any atom is 0.280 e. The molecule has 4 rings (SSSR count). The Morgan fingerprint density at radius 3 is 1.72 bits per heavy atom. The van der Waals surface area contributed by atoms with Crippen LogP contribution >= 0.6 is 0 Å². The molecule has 0 saturated carbocycles. The van der Waals surface area contributed by atoms with Crippen molar-refractivity contribution < 1.29 is 19.0 Å². The molecule has 0 aliphatic carbocycles. The molecule has 0 aromatic heterocycles. The van der Waals surface area contributed by atoms with Crippen LogP contribution in [0.1, 0.15) is 23.6 Å². The highest BCUT2D eigenvalue weighted by Gasteiger charge is 2.14. The molecule has 1 amide bonds. The number of ether oxygens (including phenoxy) is 3. The predicted octanol–water partition coefficient (Wildman–Crippen LogP) is 5.76. The number of amides is 1. The number of nitrogens with zero attached hydrogens (tertiary/aromatic N) is 1. The molecule has 0 aliphatic heterocycles. The van der Waals surface area contributed by atoms with Gasteiger partial charge in [-0.2, -0.15) is 5.10 Å². The Morgan fingerprint density at radius 1 is 0.722 bits per heavy atom. The molecular formula is C30H28N2O4. The molecule has 36 heavy (non-hydrogen) atoms. The third-order valence-corrected chi connectivity index (χ3v) is 5.27. The maximum absolute atomic E-state index is 12.3. The van der Waals surface area contributed by atoms with Crippen LogP contribution < -0.4 is 19.6 Å². The van der Waals surface area contributed by atoms with Crippen molar-refractivity contribution in [1.29, 1.82) is 0 Å². The number of hydrogen-bond acceptors (Lipinski definition) is 5. The van der Waals surface area contributed by atoms with E-state index in [9.17, 15) is 4.79 Å². The standard InChI is InChI=1S/C30H28N2O4/c1-23(36-29-18-16-28(17-19-29)35-22-26-10-6-3-7-11-26)30(33)32-31-20-24-12-14-27(15-13-24)34-21-25-8-4-2-5-9-25/h2-20,23H,21-22H2,1H3,(H,32,33)/b31-20-/t23-/m1/s1. The molecule has 0 fully saturated rings. The van der Waals surface area contributed by atoms with Crippen molar-refractivity contribution in [2.45, 2.75) is 26.2 Å². The maximum atomic E-state index is 12.3. The van der Waals surface area contributed by atoms with Crippen molar-refractivity contribution in [3.05, 3.63) is 126 Å². The largest absolute Gasteiger partial charge is 0.489 e. The van der Waals surface area contributed by atoms with E-state index in [2.05, 4.69) is 10.5 Å². The molecule has 4 aromatic rings. The summed E-state index contributed by atoms with van der Waals surface area (Å²) >= 11 is 0. The fraction of sp³-hybridized carbons (Fsp3) is 0.133. The summed E-state index contributed by atoms with van der Waals surface area (Å²) in [7, 11) is 0. The second kappa shape index (κ2) is 12.8. The van der Waals surface area contributed by atoms with Crippen molar-refractivity contribution in [3.63, 3.8) is 0 Å². The molecule has 0 heterocycles. The summed E-state index contributed by atoms with van der Waals surface area (Å²) in [4.78, 5) is 12.3. The molecule has 0 saturated heterocycles. The lowest BCUT2D eigenvalue weighted by atomic mass is 10.2. The number of benzene rings is 4. The van der Waals surface area contributed by atoms with Gasteiger partial charge in [0.15, 0.2) is 6.10 Å². The van der Waals surface area contributed by atoms with Gasteiger partial charge in [-0.1, -0.05) is 60.7 Å². The molecular weight excluding hydrogens is 452 g/mol. The lowest BCUT2D eigenvalue weighted by Crippen LogP contribution is -2.33. The van der Waals surface area contributed by atoms with Gasteiger partial charge in [0.05, 0.1) is 6.21 Å². The van der Waals surface area contributed by atoms with E-state index in [-0.39, 0.29) is 5.91 Å². The predicted molar refractivity (Wildman–Crippen MR) is 140 cm³/mol. The Labute approximate surface area is 211 Å². The first-order valence-electron chi connectivity index (χ1n) is 11.7. The minimum Gasteiger partial charge on any atom is -0.489 e. The van der Waals surface area contributed by atoms with Crippen LogP contribution in [0.2, 0.25) is 0 Å². The van der Waals surface area contributed by atoms with E-state index < -0.39 is 6.10 Å². The van der Waals surface area contributed by atoms with Gasteiger partial charge in [-0.25, -0.2) is 5.43 Å². The second-order valence-electron chi connectivity index (χ2n) is 8.08. The molecule has 0 aliphatic rings. The zero-order chi connectivity index (χ0) is 25.0. The third kappa shape index (κ3) is 7.74. The molecule has 4 aromatic carbocycles. The number of nitrogens with one attached hydrogen (secondary N) is 1. The monoisotopic (exact) mass is 480 g/mol. The Morgan fingerprint density at radius 2 is 1.19 bits per heavy atom. The first kappa shape index (κ1) is 24.5. The summed E-state index contributed by atoms with van der Waals surface area (Å²) in [5.41, 5.74) is 5.55. The van der Waals surface area contributed by atoms with E-state index in [0.717, 1.165) is 28.2 Å². The van der Waals surface area contributed by atoms with Crippen molar-refractivity contribution in [1.82, 2.24) is 5.43 Å². The highest BCUT2D eigenvalue weighted by molar-refractivity contribution is 5.84. The van der Waals surface area contributed by atoms with Gasteiger partial charge >= 0.3 is 0 Å². The second-order valence-corrected chi connectivity index (χ2v) is 8.08. The highest BCUT2D eigenvalue weighted by atomic mass is 16.5. The first-order valence-corrected chi connectivity index (χ1v) is 11.7. The molecule has 1 atom stereocenters. The van der Waals surface area contributed by atoms with Crippen LogP contribution in [0.4, 0.5) is 0 Å². The number of hydrogen-bond donors (Lipinski definition) is 1. The molecule has 6 heteroatoms. The zero-order valence-corrected chi connectivity index (χ0v) is 20.0. The number of carbonyl (C=O) groups excluding carboxylic acids is 1. The van der Waals surface area contributed by atoms with Crippen molar-refractivity contribution in [3.8, 4) is 17.2 Å². The van der Waals surface area contributed by atoms with Gasteiger partial charge in [-0.05, 0) is 72.1 Å². The van der Waals surface area contributed by atoms with Gasteiger partial charge < -0.3 is 14.2 Å². The van der Waals surface area contributed by atoms with Gasteiger partial charge in [-0.3, -0.25) is 4.79 Å². The first-order chi connectivity index (χ1) is 17.7. The average molecular weight is 481 g/mol. The molecule has 1 N–H and O–H groups in total. The number of rotatable bonds is 11. The van der Waals surface area contributed by atoms with E-state index >= 15 is 0 Å². The van der Waals surface area contributed by atoms with Crippen LogP contribution in [0.15, 0.2) is 114 Å². The summed E-state index contributed by atoms with van der Waals surface area (Å²) in [5.74, 6) is 1.71. The van der Waals surface area contributed by atoms with Crippen LogP contribution in [0.5, 0.6) is 17.2 Å². The summed E-state index contributed by atoms with van der Waals surface area (Å²) in [6.45, 7) is 2.66. The lowest BCUT2D eigenvalue weighted by Gasteiger charge is -2.13. The minimum atomic E-state index is -0.716. The lowest BCUT2D eigenvalue weighted by molar-refractivity contribution is -0.127. The fourth-order valence-corrected chi connectivity index (χ4v) is 3.27. The summed E-state index contributed by atoms with van der Waals surface area (Å²) in [5, 5.41) is 4.03. The van der Waals surface area contributed by atoms with E-state index in [4.69, 9.17) is 14.2 Å². The topological polar surface area (TPSA) is 69.2 Å². The van der Waals surface area contributed by atoms with E-state index in [1.807, 2.05) is 97.1 Å². The molecule has 0 unspecified atom stereocenters. The summed E-state index contributed by atoms with van der Waals surface area (Å²) < 4.78 is 17.3. The molecule has 0 bridgehead atoms. The van der Waals surface area contributed by atoms with Gasteiger partial charge in [-0.15, -0.1) is 0 Å². The van der Waals surface area contributed by atoms with Crippen molar-refractivity contribution in [2.24, 2.45) is 5.10 Å². The molecule has 182 valence electrons. The number of carbonyl (C=O) groups is 1. The Kier molecular flexibility index (Phi) is 8.70. The van der Waals surface area contributed by atoms with E-state index in [1.165, 1.54) is 0 Å². The van der Waals surface area contributed by atoms with Gasteiger partial charge in [0, 0.05) is 0 Å². The van der Waals surface area contributed by atoms with Crippen LogP contribution in [-0.2, 0) is 18.0 Å². The van der Waals surface area contributed by atoms with Crippen LogP contribution in [0.25, 0.3) is 0 Å². The van der Waals surface area contributed by atoms with Crippen LogP contribution in [0.3, 0.4) is 0 Å². The quantitative estimate of drug-likeness (QED) is 0.219. The number of hydrazone groups is 1. The summed E-state index contributed by atoms with van der Waals surface area (Å²) in [6, 6.07) is 34.6. The summed E-state index contributed by atoms with van der Waals surface area (Å²) in [6.07, 6.45) is 0.858. The Hall–Kier alpha value is -4.58. The van der Waals surface area contributed by atoms with E-state index in [0.29, 0.717) is 19.0 Å². The van der Waals surface area contributed by atoms with Gasteiger partial charge in [0.1, 0.15) is 30.5 Å². The average Bonchev–Trinajstić information content (AvgIpc) is 2.93. The zero-order valence-electron chi connectivity index (χ0n) is 20.0. The van der Waals surface area contributed by atoms with Gasteiger partial charge in [0.25, 0.3) is 5.91 Å². The van der Waals surface area contributed by atoms with E-state index in [1.54, 1.807) is 25.3 Å². The highest BCUT2D eigenvalue weighted by Crippen LogP contribution is 2.20.